The summed E-state index contributed by atoms with van der Waals surface area (Å²) in [5.74, 6) is -1.35. The number of pyridine rings is 1. The van der Waals surface area contributed by atoms with E-state index in [1.165, 1.54) is 12.1 Å². The lowest BCUT2D eigenvalue weighted by Gasteiger charge is -2.09. The average molecular weight is 299 g/mol. The van der Waals surface area contributed by atoms with Crippen molar-refractivity contribution in [1.29, 1.82) is 0 Å². The molecular weight excluding hydrogens is 290 g/mol. The molecule has 0 atom stereocenters. The van der Waals surface area contributed by atoms with Crippen LogP contribution in [0.25, 0.3) is 0 Å². The molecule has 1 N–H and O–H groups in total. The highest BCUT2D eigenvalue weighted by Crippen LogP contribution is 2.28. The maximum atomic E-state index is 13.4. The monoisotopic (exact) mass is 298 g/mol. The Morgan fingerprint density at radius 2 is 2.00 bits per heavy atom. The molecule has 1 heterocycles. The van der Waals surface area contributed by atoms with Gasteiger partial charge in [0.05, 0.1) is 10.2 Å². The number of aryl methyl sites for hydroxylation is 1. The Morgan fingerprint density at radius 3 is 2.76 bits per heavy atom. The zero-order valence-electron chi connectivity index (χ0n) is 8.97. The lowest BCUT2D eigenvalue weighted by Crippen LogP contribution is -1.99. The predicted molar refractivity (Wildman–Crippen MR) is 66.3 cm³/mol. The summed E-state index contributed by atoms with van der Waals surface area (Å²) < 4.78 is 27.2. The normalized spacial score (nSPS) is 10.4. The minimum atomic E-state index is -0.914. The first-order valence-electron chi connectivity index (χ1n) is 4.91. The van der Waals surface area contributed by atoms with Gasteiger partial charge in [-0.15, -0.1) is 0 Å². The number of rotatable bonds is 2. The fraction of sp³-hybridized carbons (Fsp3) is 0.0833. The molecule has 0 amide bonds. The smallest absolute Gasteiger partial charge is 0.182 e. The first-order chi connectivity index (χ1) is 8.09. The third kappa shape index (κ3) is 2.44. The van der Waals surface area contributed by atoms with Crippen LogP contribution in [0.2, 0.25) is 0 Å². The maximum Gasteiger partial charge on any atom is 0.182 e. The molecule has 0 radical (unpaired) electrons. The summed E-state index contributed by atoms with van der Waals surface area (Å²) in [7, 11) is 0. The molecule has 0 fully saturated rings. The number of benzene rings is 1. The van der Waals surface area contributed by atoms with Crippen LogP contribution in [-0.4, -0.2) is 4.98 Å². The fourth-order valence-corrected chi connectivity index (χ4v) is 1.69. The second-order valence-electron chi connectivity index (χ2n) is 3.52. The average Bonchev–Trinajstić information content (AvgIpc) is 2.31. The highest BCUT2D eigenvalue weighted by molar-refractivity contribution is 9.10. The van der Waals surface area contributed by atoms with Gasteiger partial charge >= 0.3 is 0 Å². The first kappa shape index (κ1) is 12.0. The van der Waals surface area contributed by atoms with Gasteiger partial charge in [-0.1, -0.05) is 6.07 Å². The number of hydrogen-bond acceptors (Lipinski definition) is 2. The van der Waals surface area contributed by atoms with Gasteiger partial charge in [-0.2, -0.15) is 0 Å². The van der Waals surface area contributed by atoms with Gasteiger partial charge in [0.15, 0.2) is 11.6 Å². The van der Waals surface area contributed by atoms with Crippen molar-refractivity contribution in [2.24, 2.45) is 0 Å². The van der Waals surface area contributed by atoms with Gasteiger partial charge < -0.3 is 5.32 Å². The zero-order valence-corrected chi connectivity index (χ0v) is 10.6. The molecule has 88 valence electrons. The van der Waals surface area contributed by atoms with E-state index in [2.05, 4.69) is 26.2 Å². The second kappa shape index (κ2) is 4.79. The zero-order chi connectivity index (χ0) is 12.4. The van der Waals surface area contributed by atoms with Gasteiger partial charge in [0.25, 0.3) is 0 Å². The van der Waals surface area contributed by atoms with E-state index in [0.29, 0.717) is 5.82 Å². The molecule has 0 aliphatic heterocycles. The quantitative estimate of drug-likeness (QED) is 0.900. The Labute approximate surface area is 106 Å². The van der Waals surface area contributed by atoms with Crippen molar-refractivity contribution in [3.63, 3.8) is 0 Å². The topological polar surface area (TPSA) is 24.9 Å². The van der Waals surface area contributed by atoms with Crippen molar-refractivity contribution in [3.05, 3.63) is 52.1 Å². The summed E-state index contributed by atoms with van der Waals surface area (Å²) in [4.78, 5) is 4.06. The molecule has 1 aromatic heterocycles. The molecule has 2 aromatic rings. The second-order valence-corrected chi connectivity index (χ2v) is 4.31. The van der Waals surface area contributed by atoms with Crippen molar-refractivity contribution >= 4 is 27.4 Å². The molecule has 0 aliphatic rings. The van der Waals surface area contributed by atoms with Crippen LogP contribution in [0.3, 0.4) is 0 Å². The van der Waals surface area contributed by atoms with Crippen molar-refractivity contribution in [3.8, 4) is 0 Å². The lowest BCUT2D eigenvalue weighted by atomic mass is 10.2. The molecule has 0 aliphatic carbocycles. The van der Waals surface area contributed by atoms with E-state index < -0.39 is 11.6 Å². The number of hydrogen-bond donors (Lipinski definition) is 1. The molecule has 0 bridgehead atoms. The van der Waals surface area contributed by atoms with Gasteiger partial charge in [-0.25, -0.2) is 13.8 Å². The molecule has 17 heavy (non-hydrogen) atoms. The third-order valence-corrected chi connectivity index (χ3v) is 3.29. The highest BCUT2D eigenvalue weighted by Gasteiger charge is 2.10. The van der Waals surface area contributed by atoms with Crippen molar-refractivity contribution in [2.45, 2.75) is 6.92 Å². The lowest BCUT2D eigenvalue weighted by molar-refractivity contribution is 0.511. The van der Waals surface area contributed by atoms with Crippen LogP contribution in [0.15, 0.2) is 34.9 Å². The summed E-state index contributed by atoms with van der Waals surface area (Å²) in [5.41, 5.74) is 1.02. The van der Waals surface area contributed by atoms with Crippen LogP contribution >= 0.6 is 15.9 Å². The van der Waals surface area contributed by atoms with E-state index in [0.717, 1.165) is 16.1 Å². The maximum absolute atomic E-state index is 13.4. The number of aromatic nitrogens is 1. The number of anilines is 2. The van der Waals surface area contributed by atoms with E-state index in [1.807, 2.05) is 13.0 Å². The molecule has 2 rings (SSSR count). The molecule has 1 aromatic carbocycles. The summed E-state index contributed by atoms with van der Waals surface area (Å²) in [6, 6.07) is 5.77. The molecule has 5 heteroatoms. The third-order valence-electron chi connectivity index (χ3n) is 2.29. The number of halogens is 3. The highest BCUT2D eigenvalue weighted by atomic mass is 79.9. The molecular formula is C12H9BrF2N2. The summed E-state index contributed by atoms with van der Waals surface area (Å²) >= 11 is 3.34. The standard InChI is InChI=1S/C12H9BrF2N2/c1-7-5-6-16-12(10(7)13)17-9-4-2-3-8(14)11(9)15/h2-6H,1H3,(H,16,17). The Morgan fingerprint density at radius 1 is 1.24 bits per heavy atom. The van der Waals surface area contributed by atoms with E-state index in [-0.39, 0.29) is 5.69 Å². The van der Waals surface area contributed by atoms with Crippen molar-refractivity contribution in [1.82, 2.24) is 4.98 Å². The molecule has 2 nitrogen and oxygen atoms in total. The largest absolute Gasteiger partial charge is 0.337 e. The fourth-order valence-electron chi connectivity index (χ4n) is 1.36. The molecule has 0 saturated heterocycles. The first-order valence-corrected chi connectivity index (χ1v) is 5.71. The number of nitrogens with zero attached hydrogens (tertiary/aromatic N) is 1. The van der Waals surface area contributed by atoms with Gasteiger partial charge in [0.2, 0.25) is 0 Å². The van der Waals surface area contributed by atoms with Crippen LogP contribution in [0.5, 0.6) is 0 Å². The van der Waals surface area contributed by atoms with Gasteiger partial charge in [-0.3, -0.25) is 0 Å². The van der Waals surface area contributed by atoms with Gasteiger partial charge in [0, 0.05) is 6.20 Å². The van der Waals surface area contributed by atoms with E-state index in [1.54, 1.807) is 6.20 Å². The Hall–Kier alpha value is -1.49. The molecule has 0 saturated carbocycles. The minimum absolute atomic E-state index is 0.0591. The SMILES string of the molecule is Cc1ccnc(Nc2cccc(F)c2F)c1Br. The van der Waals surface area contributed by atoms with E-state index in [9.17, 15) is 8.78 Å². The summed E-state index contributed by atoms with van der Waals surface area (Å²) in [6.07, 6.45) is 1.60. The van der Waals surface area contributed by atoms with E-state index in [4.69, 9.17) is 0 Å². The summed E-state index contributed by atoms with van der Waals surface area (Å²) in [6.45, 7) is 1.89. The number of nitrogens with one attached hydrogen (secondary N) is 1. The Bertz CT molecular complexity index is 509. The van der Waals surface area contributed by atoms with Crippen LogP contribution in [0.1, 0.15) is 5.56 Å². The van der Waals surface area contributed by atoms with Crippen molar-refractivity contribution in [2.75, 3.05) is 5.32 Å². The van der Waals surface area contributed by atoms with Gasteiger partial charge in [-0.05, 0) is 46.6 Å². The summed E-state index contributed by atoms with van der Waals surface area (Å²) in [5, 5.41) is 2.75. The Balaban J connectivity index is 2.38. The van der Waals surface area contributed by atoms with Gasteiger partial charge in [0.1, 0.15) is 5.82 Å². The van der Waals surface area contributed by atoms with Crippen molar-refractivity contribution < 1.29 is 8.78 Å². The molecule has 0 unspecified atom stereocenters. The van der Waals surface area contributed by atoms with E-state index >= 15 is 0 Å². The van der Waals surface area contributed by atoms with Crippen LogP contribution in [-0.2, 0) is 0 Å². The van der Waals surface area contributed by atoms with Crippen LogP contribution < -0.4 is 5.32 Å². The van der Waals surface area contributed by atoms with Crippen LogP contribution in [0.4, 0.5) is 20.3 Å². The Kier molecular flexibility index (Phi) is 3.38. The molecule has 0 spiro atoms. The predicted octanol–water partition coefficient (Wildman–Crippen LogP) is 4.17. The minimum Gasteiger partial charge on any atom is -0.337 e. The van der Waals surface area contributed by atoms with Crippen LogP contribution in [0, 0.1) is 18.6 Å².